The number of nitrogens with one attached hydrogen (secondary N) is 1. The standard InChI is InChI=1S/C11H18N4O/c1-3-6-15(8-11(16)13-2)10-5-4-9(12)7-14-10/h4-5,7H,3,6,8,12H2,1-2H3,(H,13,16). The summed E-state index contributed by atoms with van der Waals surface area (Å²) in [5.41, 5.74) is 6.19. The zero-order valence-corrected chi connectivity index (χ0v) is 9.73. The molecule has 1 heterocycles. The lowest BCUT2D eigenvalue weighted by Crippen LogP contribution is -2.36. The van der Waals surface area contributed by atoms with Gasteiger partial charge in [0, 0.05) is 13.6 Å². The van der Waals surface area contributed by atoms with Crippen LogP contribution in [0.3, 0.4) is 0 Å². The maximum absolute atomic E-state index is 11.3. The molecule has 1 aromatic rings. The highest BCUT2D eigenvalue weighted by Crippen LogP contribution is 2.12. The maximum atomic E-state index is 11.3. The molecule has 88 valence electrons. The second-order valence-electron chi connectivity index (χ2n) is 3.54. The molecule has 0 fully saturated rings. The van der Waals surface area contributed by atoms with Crippen molar-refractivity contribution in [1.29, 1.82) is 0 Å². The van der Waals surface area contributed by atoms with E-state index in [0.29, 0.717) is 12.2 Å². The normalized spacial score (nSPS) is 9.88. The van der Waals surface area contributed by atoms with Crippen molar-refractivity contribution in [3.8, 4) is 0 Å². The van der Waals surface area contributed by atoms with Crippen molar-refractivity contribution in [2.75, 3.05) is 30.8 Å². The Morgan fingerprint density at radius 2 is 2.31 bits per heavy atom. The lowest BCUT2D eigenvalue weighted by atomic mass is 10.3. The van der Waals surface area contributed by atoms with Gasteiger partial charge in [-0.05, 0) is 18.6 Å². The van der Waals surface area contributed by atoms with Crippen LogP contribution in [0.4, 0.5) is 11.5 Å². The molecule has 0 aliphatic heterocycles. The number of carbonyl (C=O) groups is 1. The van der Waals surface area contributed by atoms with Gasteiger partial charge < -0.3 is 16.0 Å². The van der Waals surface area contributed by atoms with E-state index in [1.165, 1.54) is 0 Å². The number of carbonyl (C=O) groups excluding carboxylic acids is 1. The number of likely N-dealkylation sites (N-methyl/N-ethyl adjacent to an activating group) is 1. The Morgan fingerprint density at radius 1 is 1.56 bits per heavy atom. The number of nitrogens with zero attached hydrogens (tertiary/aromatic N) is 2. The molecule has 0 saturated carbocycles. The minimum atomic E-state index is -0.0212. The Bertz CT molecular complexity index is 336. The molecule has 1 amide bonds. The number of anilines is 2. The first kappa shape index (κ1) is 12.3. The summed E-state index contributed by atoms with van der Waals surface area (Å²) in [7, 11) is 1.63. The third-order valence-corrected chi connectivity index (χ3v) is 2.20. The predicted octanol–water partition coefficient (Wildman–Crippen LogP) is 0.626. The van der Waals surface area contributed by atoms with Gasteiger partial charge in [-0.3, -0.25) is 4.79 Å². The summed E-state index contributed by atoms with van der Waals surface area (Å²) in [5, 5.41) is 2.60. The van der Waals surface area contributed by atoms with Crippen molar-refractivity contribution in [2.45, 2.75) is 13.3 Å². The van der Waals surface area contributed by atoms with Gasteiger partial charge in [-0.15, -0.1) is 0 Å². The summed E-state index contributed by atoms with van der Waals surface area (Å²) in [6, 6.07) is 3.61. The predicted molar refractivity (Wildman–Crippen MR) is 65.2 cm³/mol. The number of aromatic nitrogens is 1. The summed E-state index contributed by atoms with van der Waals surface area (Å²) in [4.78, 5) is 17.5. The Morgan fingerprint density at radius 3 is 2.81 bits per heavy atom. The van der Waals surface area contributed by atoms with Crippen LogP contribution >= 0.6 is 0 Å². The summed E-state index contributed by atoms with van der Waals surface area (Å²) < 4.78 is 0. The Balaban J connectivity index is 2.76. The Labute approximate surface area is 95.7 Å². The lowest BCUT2D eigenvalue weighted by molar-refractivity contribution is -0.119. The van der Waals surface area contributed by atoms with Crippen molar-refractivity contribution < 1.29 is 4.79 Å². The van der Waals surface area contributed by atoms with E-state index in [2.05, 4.69) is 17.2 Å². The van der Waals surface area contributed by atoms with Crippen LogP contribution in [-0.4, -0.2) is 31.0 Å². The highest BCUT2D eigenvalue weighted by Gasteiger charge is 2.10. The van der Waals surface area contributed by atoms with Crippen LogP contribution < -0.4 is 16.0 Å². The molecule has 0 saturated heterocycles. The molecule has 1 aromatic heterocycles. The fourth-order valence-electron chi connectivity index (χ4n) is 1.38. The molecular formula is C11H18N4O. The van der Waals surface area contributed by atoms with Crippen molar-refractivity contribution in [1.82, 2.24) is 10.3 Å². The van der Waals surface area contributed by atoms with E-state index >= 15 is 0 Å². The van der Waals surface area contributed by atoms with Gasteiger partial charge in [0.05, 0.1) is 18.4 Å². The van der Waals surface area contributed by atoms with E-state index < -0.39 is 0 Å². The first-order valence-electron chi connectivity index (χ1n) is 5.34. The molecule has 0 atom stereocenters. The highest BCUT2D eigenvalue weighted by molar-refractivity contribution is 5.80. The van der Waals surface area contributed by atoms with Crippen molar-refractivity contribution in [3.63, 3.8) is 0 Å². The van der Waals surface area contributed by atoms with Crippen LogP contribution in [0.2, 0.25) is 0 Å². The molecule has 5 heteroatoms. The molecule has 0 aliphatic rings. The zero-order valence-electron chi connectivity index (χ0n) is 9.73. The summed E-state index contributed by atoms with van der Waals surface area (Å²) in [6.45, 7) is 3.18. The molecule has 0 aromatic carbocycles. The zero-order chi connectivity index (χ0) is 12.0. The van der Waals surface area contributed by atoms with E-state index in [1.807, 2.05) is 11.0 Å². The van der Waals surface area contributed by atoms with Crippen LogP contribution in [0.25, 0.3) is 0 Å². The largest absolute Gasteiger partial charge is 0.397 e. The van der Waals surface area contributed by atoms with Gasteiger partial charge >= 0.3 is 0 Å². The summed E-state index contributed by atoms with van der Waals surface area (Å²) in [5.74, 6) is 0.756. The van der Waals surface area contributed by atoms with E-state index in [4.69, 9.17) is 5.73 Å². The van der Waals surface area contributed by atoms with Gasteiger partial charge in [0.1, 0.15) is 5.82 Å². The first-order chi connectivity index (χ1) is 7.67. The fraction of sp³-hybridized carbons (Fsp3) is 0.455. The quantitative estimate of drug-likeness (QED) is 0.766. The SMILES string of the molecule is CCCN(CC(=O)NC)c1ccc(N)cn1. The lowest BCUT2D eigenvalue weighted by Gasteiger charge is -2.22. The monoisotopic (exact) mass is 222 g/mol. The molecule has 5 nitrogen and oxygen atoms in total. The van der Waals surface area contributed by atoms with Gasteiger partial charge in [-0.1, -0.05) is 6.92 Å². The number of nitrogens with two attached hydrogens (primary N) is 1. The molecule has 0 spiro atoms. The Hall–Kier alpha value is -1.78. The van der Waals surface area contributed by atoms with Crippen molar-refractivity contribution >= 4 is 17.4 Å². The van der Waals surface area contributed by atoms with E-state index in [9.17, 15) is 4.79 Å². The molecule has 1 rings (SSSR count). The summed E-state index contributed by atoms with van der Waals surface area (Å²) >= 11 is 0. The number of amides is 1. The molecule has 0 unspecified atom stereocenters. The number of hydrogen-bond acceptors (Lipinski definition) is 4. The van der Waals surface area contributed by atoms with Crippen molar-refractivity contribution in [3.05, 3.63) is 18.3 Å². The highest BCUT2D eigenvalue weighted by atomic mass is 16.1. The van der Waals surface area contributed by atoms with Crippen LogP contribution in [0.15, 0.2) is 18.3 Å². The minimum Gasteiger partial charge on any atom is -0.397 e. The van der Waals surface area contributed by atoms with Crippen LogP contribution in [-0.2, 0) is 4.79 Å². The average molecular weight is 222 g/mol. The minimum absolute atomic E-state index is 0.0212. The number of hydrogen-bond donors (Lipinski definition) is 2. The van der Waals surface area contributed by atoms with Gasteiger partial charge in [0.2, 0.25) is 5.91 Å². The van der Waals surface area contributed by atoms with E-state index in [0.717, 1.165) is 18.8 Å². The second-order valence-corrected chi connectivity index (χ2v) is 3.54. The molecular weight excluding hydrogens is 204 g/mol. The van der Waals surface area contributed by atoms with Gasteiger partial charge in [-0.2, -0.15) is 0 Å². The molecule has 0 radical (unpaired) electrons. The molecule has 0 aliphatic carbocycles. The fourth-order valence-corrected chi connectivity index (χ4v) is 1.38. The molecule has 16 heavy (non-hydrogen) atoms. The van der Waals surface area contributed by atoms with Crippen LogP contribution in [0.1, 0.15) is 13.3 Å². The smallest absolute Gasteiger partial charge is 0.239 e. The topological polar surface area (TPSA) is 71.2 Å². The third kappa shape index (κ3) is 3.42. The van der Waals surface area contributed by atoms with Gasteiger partial charge in [0.25, 0.3) is 0 Å². The van der Waals surface area contributed by atoms with Gasteiger partial charge in [0.15, 0.2) is 0 Å². The third-order valence-electron chi connectivity index (χ3n) is 2.20. The number of rotatable bonds is 5. The van der Waals surface area contributed by atoms with Crippen molar-refractivity contribution in [2.24, 2.45) is 0 Å². The molecule has 0 bridgehead atoms. The van der Waals surface area contributed by atoms with Crippen LogP contribution in [0, 0.1) is 0 Å². The maximum Gasteiger partial charge on any atom is 0.239 e. The summed E-state index contributed by atoms with van der Waals surface area (Å²) in [6.07, 6.45) is 2.56. The number of pyridine rings is 1. The average Bonchev–Trinajstić information content (AvgIpc) is 2.29. The second kappa shape index (κ2) is 5.95. The molecule has 3 N–H and O–H groups in total. The first-order valence-corrected chi connectivity index (χ1v) is 5.34. The number of nitrogen functional groups attached to an aromatic ring is 1. The van der Waals surface area contributed by atoms with E-state index in [1.54, 1.807) is 19.3 Å². The van der Waals surface area contributed by atoms with E-state index in [-0.39, 0.29) is 5.91 Å². The van der Waals surface area contributed by atoms with Crippen LogP contribution in [0.5, 0.6) is 0 Å². The van der Waals surface area contributed by atoms with Gasteiger partial charge in [-0.25, -0.2) is 4.98 Å². The Kier molecular flexibility index (Phi) is 4.57.